The van der Waals surface area contributed by atoms with Crippen molar-refractivity contribution < 1.29 is 9.84 Å². The Kier molecular flexibility index (Phi) is 3.54. The Morgan fingerprint density at radius 3 is 2.94 bits per heavy atom. The molecule has 3 N–H and O–H groups in total. The number of anilines is 2. The standard InChI is InChI=1S/C13H20N2O2/c1-9-3-4-11(5-13(9)14)15-6-12(7-16)17-8-10(15)2/h3-5,10,12,16H,6-8,14H2,1-2H3. The second kappa shape index (κ2) is 4.94. The Hall–Kier alpha value is -1.26. The summed E-state index contributed by atoms with van der Waals surface area (Å²) < 4.78 is 5.52. The van der Waals surface area contributed by atoms with Crippen LogP contribution in [-0.4, -0.2) is 37.0 Å². The van der Waals surface area contributed by atoms with Crippen LogP contribution in [0, 0.1) is 6.92 Å². The normalized spacial score (nSPS) is 25.0. The van der Waals surface area contributed by atoms with Gasteiger partial charge in [0.15, 0.2) is 0 Å². The smallest absolute Gasteiger partial charge is 0.0981 e. The molecule has 94 valence electrons. The molecule has 1 aliphatic rings. The van der Waals surface area contributed by atoms with Crippen LogP contribution in [0.15, 0.2) is 18.2 Å². The molecule has 17 heavy (non-hydrogen) atoms. The van der Waals surface area contributed by atoms with Crippen molar-refractivity contribution in [3.63, 3.8) is 0 Å². The highest BCUT2D eigenvalue weighted by Gasteiger charge is 2.25. The summed E-state index contributed by atoms with van der Waals surface area (Å²) in [4.78, 5) is 2.24. The van der Waals surface area contributed by atoms with E-state index in [-0.39, 0.29) is 12.7 Å². The third kappa shape index (κ3) is 2.53. The number of aliphatic hydroxyl groups excluding tert-OH is 1. The van der Waals surface area contributed by atoms with Crippen molar-refractivity contribution in [1.29, 1.82) is 0 Å². The van der Waals surface area contributed by atoms with Gasteiger partial charge in [-0.1, -0.05) is 6.07 Å². The number of hydrogen-bond acceptors (Lipinski definition) is 4. The molecule has 0 aromatic heterocycles. The van der Waals surface area contributed by atoms with E-state index < -0.39 is 0 Å². The second-order valence-corrected chi connectivity index (χ2v) is 4.68. The van der Waals surface area contributed by atoms with E-state index >= 15 is 0 Å². The highest BCUT2D eigenvalue weighted by Crippen LogP contribution is 2.25. The fourth-order valence-corrected chi connectivity index (χ4v) is 2.09. The molecule has 0 amide bonds. The van der Waals surface area contributed by atoms with Crippen molar-refractivity contribution in [2.45, 2.75) is 26.0 Å². The molecule has 1 aromatic rings. The molecule has 4 nitrogen and oxygen atoms in total. The maximum atomic E-state index is 9.16. The first kappa shape index (κ1) is 12.2. The lowest BCUT2D eigenvalue weighted by molar-refractivity contribution is -0.0103. The van der Waals surface area contributed by atoms with Gasteiger partial charge < -0.3 is 20.5 Å². The Morgan fingerprint density at radius 1 is 1.53 bits per heavy atom. The summed E-state index contributed by atoms with van der Waals surface area (Å²) in [5.41, 5.74) is 8.93. The fraction of sp³-hybridized carbons (Fsp3) is 0.538. The SMILES string of the molecule is Cc1ccc(N2CC(CO)OCC2C)cc1N. The number of nitrogens with zero attached hydrogens (tertiary/aromatic N) is 1. The van der Waals surface area contributed by atoms with Crippen LogP contribution in [0.2, 0.25) is 0 Å². The molecule has 1 fully saturated rings. The number of morpholine rings is 1. The minimum absolute atomic E-state index is 0.0601. The van der Waals surface area contributed by atoms with Gasteiger partial charge in [0.05, 0.1) is 19.3 Å². The lowest BCUT2D eigenvalue weighted by Crippen LogP contribution is -2.49. The van der Waals surface area contributed by atoms with Gasteiger partial charge >= 0.3 is 0 Å². The predicted octanol–water partition coefficient (Wildman–Crippen LogP) is 1.16. The third-order valence-electron chi connectivity index (χ3n) is 3.30. The molecule has 0 aliphatic carbocycles. The van der Waals surface area contributed by atoms with Gasteiger partial charge in [0.1, 0.15) is 0 Å². The van der Waals surface area contributed by atoms with Gasteiger partial charge in [-0.25, -0.2) is 0 Å². The molecule has 2 unspecified atom stereocenters. The largest absolute Gasteiger partial charge is 0.398 e. The average molecular weight is 236 g/mol. The lowest BCUT2D eigenvalue weighted by atomic mass is 10.1. The molecule has 4 heteroatoms. The van der Waals surface area contributed by atoms with Crippen LogP contribution in [0.3, 0.4) is 0 Å². The number of nitrogens with two attached hydrogens (primary N) is 1. The van der Waals surface area contributed by atoms with E-state index in [1.165, 1.54) is 0 Å². The number of benzene rings is 1. The summed E-state index contributed by atoms with van der Waals surface area (Å²) in [6.45, 7) is 5.52. The molecule has 0 spiro atoms. The highest BCUT2D eigenvalue weighted by atomic mass is 16.5. The van der Waals surface area contributed by atoms with Crippen LogP contribution in [-0.2, 0) is 4.74 Å². The molecule has 2 atom stereocenters. The third-order valence-corrected chi connectivity index (χ3v) is 3.30. The first-order chi connectivity index (χ1) is 8.11. The summed E-state index contributed by atoms with van der Waals surface area (Å²) in [6.07, 6.45) is -0.103. The zero-order valence-electron chi connectivity index (χ0n) is 10.4. The van der Waals surface area contributed by atoms with Crippen LogP contribution >= 0.6 is 0 Å². The van der Waals surface area contributed by atoms with E-state index in [1.54, 1.807) is 0 Å². The van der Waals surface area contributed by atoms with E-state index in [9.17, 15) is 0 Å². The Balaban J connectivity index is 2.21. The predicted molar refractivity (Wildman–Crippen MR) is 69.2 cm³/mol. The minimum Gasteiger partial charge on any atom is -0.398 e. The zero-order chi connectivity index (χ0) is 12.4. The molecule has 0 radical (unpaired) electrons. The molecular weight excluding hydrogens is 216 g/mol. The average Bonchev–Trinajstić information content (AvgIpc) is 2.33. The Labute approximate surface area is 102 Å². The Morgan fingerprint density at radius 2 is 2.29 bits per heavy atom. The highest BCUT2D eigenvalue weighted by molar-refractivity contribution is 5.60. The van der Waals surface area contributed by atoms with Gasteiger partial charge in [-0.05, 0) is 31.5 Å². The topological polar surface area (TPSA) is 58.7 Å². The van der Waals surface area contributed by atoms with E-state index in [0.717, 1.165) is 16.9 Å². The first-order valence-electron chi connectivity index (χ1n) is 5.97. The monoisotopic (exact) mass is 236 g/mol. The molecule has 1 saturated heterocycles. The minimum atomic E-state index is -0.103. The second-order valence-electron chi connectivity index (χ2n) is 4.68. The molecule has 1 aliphatic heterocycles. The molecule has 2 rings (SSSR count). The van der Waals surface area contributed by atoms with Crippen molar-refractivity contribution in [2.24, 2.45) is 0 Å². The first-order valence-corrected chi connectivity index (χ1v) is 5.97. The van der Waals surface area contributed by atoms with Gasteiger partial charge in [-0.3, -0.25) is 0 Å². The van der Waals surface area contributed by atoms with Gasteiger partial charge in [0, 0.05) is 24.0 Å². The van der Waals surface area contributed by atoms with Crippen molar-refractivity contribution in [3.05, 3.63) is 23.8 Å². The molecule has 0 bridgehead atoms. The molecule has 1 heterocycles. The summed E-state index contributed by atoms with van der Waals surface area (Å²) in [5, 5.41) is 9.16. The molecule has 0 saturated carbocycles. The van der Waals surface area contributed by atoms with Crippen molar-refractivity contribution in [1.82, 2.24) is 0 Å². The number of aryl methyl sites for hydroxylation is 1. The maximum Gasteiger partial charge on any atom is 0.0981 e. The molecule has 1 aromatic carbocycles. The quantitative estimate of drug-likeness (QED) is 0.757. The Bertz CT molecular complexity index is 395. The van der Waals surface area contributed by atoms with Crippen LogP contribution < -0.4 is 10.6 Å². The number of rotatable bonds is 2. The zero-order valence-corrected chi connectivity index (χ0v) is 10.4. The summed E-state index contributed by atoms with van der Waals surface area (Å²) in [7, 11) is 0. The van der Waals surface area contributed by atoms with E-state index in [4.69, 9.17) is 15.6 Å². The summed E-state index contributed by atoms with van der Waals surface area (Å²) in [6, 6.07) is 6.40. The number of hydrogen-bond donors (Lipinski definition) is 2. The van der Waals surface area contributed by atoms with E-state index in [2.05, 4.69) is 17.9 Å². The number of nitrogen functional groups attached to an aromatic ring is 1. The molecular formula is C13H20N2O2. The van der Waals surface area contributed by atoms with Crippen LogP contribution in [0.25, 0.3) is 0 Å². The van der Waals surface area contributed by atoms with Crippen LogP contribution in [0.5, 0.6) is 0 Å². The van der Waals surface area contributed by atoms with Gasteiger partial charge in [-0.15, -0.1) is 0 Å². The van der Waals surface area contributed by atoms with E-state index in [1.807, 2.05) is 19.1 Å². The maximum absolute atomic E-state index is 9.16. The van der Waals surface area contributed by atoms with Gasteiger partial charge in [0.2, 0.25) is 0 Å². The van der Waals surface area contributed by atoms with E-state index in [0.29, 0.717) is 19.2 Å². The van der Waals surface area contributed by atoms with Crippen molar-refractivity contribution in [2.75, 3.05) is 30.4 Å². The van der Waals surface area contributed by atoms with Crippen molar-refractivity contribution >= 4 is 11.4 Å². The van der Waals surface area contributed by atoms with Crippen LogP contribution in [0.1, 0.15) is 12.5 Å². The van der Waals surface area contributed by atoms with Gasteiger partial charge in [0.25, 0.3) is 0 Å². The van der Waals surface area contributed by atoms with Crippen molar-refractivity contribution in [3.8, 4) is 0 Å². The summed E-state index contributed by atoms with van der Waals surface area (Å²) in [5.74, 6) is 0. The fourth-order valence-electron chi connectivity index (χ4n) is 2.09. The number of ether oxygens (including phenoxy) is 1. The lowest BCUT2D eigenvalue weighted by Gasteiger charge is -2.39. The number of aliphatic hydroxyl groups is 1. The van der Waals surface area contributed by atoms with Gasteiger partial charge in [-0.2, -0.15) is 0 Å². The summed E-state index contributed by atoms with van der Waals surface area (Å²) >= 11 is 0. The van der Waals surface area contributed by atoms with Crippen LogP contribution in [0.4, 0.5) is 11.4 Å².